The van der Waals surface area contributed by atoms with Crippen molar-refractivity contribution >= 4 is 11.7 Å². The van der Waals surface area contributed by atoms with Crippen LogP contribution < -0.4 is 5.32 Å². The van der Waals surface area contributed by atoms with Crippen molar-refractivity contribution < 1.29 is 9.53 Å². The van der Waals surface area contributed by atoms with Crippen LogP contribution in [0.2, 0.25) is 0 Å². The molecule has 1 unspecified atom stereocenters. The van der Waals surface area contributed by atoms with E-state index in [1.165, 1.54) is 18.2 Å². The Balaban J connectivity index is 2.11. The Morgan fingerprint density at radius 1 is 1.35 bits per heavy atom. The van der Waals surface area contributed by atoms with Gasteiger partial charge in [-0.25, -0.2) is 4.79 Å². The van der Waals surface area contributed by atoms with E-state index >= 15 is 0 Å². The molecule has 0 amide bonds. The lowest BCUT2D eigenvalue weighted by Gasteiger charge is -2.17. The van der Waals surface area contributed by atoms with Crippen LogP contribution >= 0.6 is 0 Å². The van der Waals surface area contributed by atoms with Gasteiger partial charge in [0.25, 0.3) is 0 Å². The number of aryl methyl sites for hydroxylation is 2. The quantitative estimate of drug-likeness (QED) is 0.812. The molecule has 1 saturated carbocycles. The van der Waals surface area contributed by atoms with Crippen LogP contribution in [0, 0.1) is 19.8 Å². The monoisotopic (exact) mass is 233 g/mol. The number of carbonyl (C=O) groups excluding carboxylic acids is 1. The second-order valence-electron chi connectivity index (χ2n) is 4.78. The van der Waals surface area contributed by atoms with E-state index in [1.807, 2.05) is 6.07 Å². The van der Waals surface area contributed by atoms with E-state index in [0.29, 0.717) is 5.92 Å². The van der Waals surface area contributed by atoms with Crippen LogP contribution in [0.4, 0.5) is 5.69 Å². The van der Waals surface area contributed by atoms with E-state index in [1.54, 1.807) is 0 Å². The van der Waals surface area contributed by atoms with Crippen LogP contribution in [0.25, 0.3) is 0 Å². The van der Waals surface area contributed by atoms with Gasteiger partial charge >= 0.3 is 5.97 Å². The maximum absolute atomic E-state index is 11.7. The first-order valence-corrected chi connectivity index (χ1v) is 6.03. The van der Waals surface area contributed by atoms with Gasteiger partial charge < -0.3 is 10.1 Å². The van der Waals surface area contributed by atoms with Gasteiger partial charge in [0.05, 0.1) is 7.11 Å². The van der Waals surface area contributed by atoms with Crippen LogP contribution in [0.5, 0.6) is 0 Å². The van der Waals surface area contributed by atoms with Crippen LogP contribution in [-0.2, 0) is 9.53 Å². The number of nitrogens with one attached hydrogen (secondary N) is 1. The third kappa shape index (κ3) is 2.78. The minimum atomic E-state index is -0.192. The van der Waals surface area contributed by atoms with Gasteiger partial charge in [0.2, 0.25) is 0 Å². The fourth-order valence-corrected chi connectivity index (χ4v) is 1.94. The summed E-state index contributed by atoms with van der Waals surface area (Å²) in [4.78, 5) is 11.7. The van der Waals surface area contributed by atoms with Crippen molar-refractivity contribution in [3.05, 3.63) is 29.3 Å². The highest BCUT2D eigenvalue weighted by atomic mass is 16.5. The first-order chi connectivity index (χ1) is 8.11. The lowest BCUT2D eigenvalue weighted by Crippen LogP contribution is -2.32. The fourth-order valence-electron chi connectivity index (χ4n) is 1.94. The molecule has 2 rings (SSSR count). The number of esters is 1. The Hall–Kier alpha value is -1.51. The molecule has 0 bridgehead atoms. The average Bonchev–Trinajstić information content (AvgIpc) is 3.13. The number of hydrogen-bond donors (Lipinski definition) is 1. The predicted octanol–water partition coefficient (Wildman–Crippen LogP) is 2.67. The zero-order valence-electron chi connectivity index (χ0n) is 10.6. The SMILES string of the molecule is COC(=O)C(Nc1ccc(C)c(C)c1)C1CC1. The summed E-state index contributed by atoms with van der Waals surface area (Å²) < 4.78 is 4.84. The van der Waals surface area contributed by atoms with Gasteiger partial charge in [0, 0.05) is 5.69 Å². The van der Waals surface area contributed by atoms with Crippen molar-refractivity contribution in [3.8, 4) is 0 Å². The number of rotatable bonds is 4. The van der Waals surface area contributed by atoms with E-state index in [9.17, 15) is 4.79 Å². The minimum Gasteiger partial charge on any atom is -0.467 e. The highest BCUT2D eigenvalue weighted by Crippen LogP contribution is 2.35. The Kier molecular flexibility index (Phi) is 3.36. The van der Waals surface area contributed by atoms with Crippen LogP contribution in [0.3, 0.4) is 0 Å². The summed E-state index contributed by atoms with van der Waals surface area (Å²) in [7, 11) is 1.44. The van der Waals surface area contributed by atoms with E-state index in [-0.39, 0.29) is 12.0 Å². The van der Waals surface area contributed by atoms with Crippen molar-refractivity contribution in [2.75, 3.05) is 12.4 Å². The first-order valence-electron chi connectivity index (χ1n) is 6.03. The number of ether oxygens (including phenoxy) is 1. The van der Waals surface area contributed by atoms with E-state index < -0.39 is 0 Å². The molecule has 0 heterocycles. The standard InChI is InChI=1S/C14H19NO2/c1-9-4-7-12(8-10(9)2)15-13(11-5-6-11)14(16)17-3/h4,7-8,11,13,15H,5-6H2,1-3H3. The van der Waals surface area contributed by atoms with Crippen molar-refractivity contribution in [2.24, 2.45) is 5.92 Å². The van der Waals surface area contributed by atoms with Gasteiger partial charge in [-0.15, -0.1) is 0 Å². The molecular formula is C14H19NO2. The molecule has 1 fully saturated rings. The smallest absolute Gasteiger partial charge is 0.328 e. The second kappa shape index (κ2) is 4.78. The number of hydrogen-bond acceptors (Lipinski definition) is 3. The van der Waals surface area contributed by atoms with Crippen LogP contribution in [0.1, 0.15) is 24.0 Å². The molecule has 0 spiro atoms. The number of anilines is 1. The van der Waals surface area contributed by atoms with Gasteiger partial charge in [0.1, 0.15) is 6.04 Å². The summed E-state index contributed by atoms with van der Waals surface area (Å²) in [6, 6.07) is 5.97. The molecule has 92 valence electrons. The van der Waals surface area contributed by atoms with Crippen molar-refractivity contribution in [1.82, 2.24) is 0 Å². The fraction of sp³-hybridized carbons (Fsp3) is 0.500. The Labute approximate surface area is 102 Å². The lowest BCUT2D eigenvalue weighted by molar-refractivity contribution is -0.142. The molecule has 1 N–H and O–H groups in total. The van der Waals surface area contributed by atoms with Gasteiger partial charge in [-0.2, -0.15) is 0 Å². The third-order valence-corrected chi connectivity index (χ3v) is 3.38. The average molecular weight is 233 g/mol. The van der Waals surface area contributed by atoms with Crippen LogP contribution in [0.15, 0.2) is 18.2 Å². The summed E-state index contributed by atoms with van der Waals surface area (Å²) in [6.45, 7) is 4.16. The lowest BCUT2D eigenvalue weighted by atomic mass is 10.1. The highest BCUT2D eigenvalue weighted by Gasteiger charge is 2.36. The maximum atomic E-state index is 11.7. The Bertz CT molecular complexity index is 424. The molecule has 1 aromatic carbocycles. The van der Waals surface area contributed by atoms with Gasteiger partial charge in [-0.3, -0.25) is 0 Å². The van der Waals surface area contributed by atoms with Gasteiger partial charge in [0.15, 0.2) is 0 Å². The largest absolute Gasteiger partial charge is 0.467 e. The molecule has 3 nitrogen and oxygen atoms in total. The normalized spacial score (nSPS) is 16.4. The molecule has 1 aromatic rings. The van der Waals surface area contributed by atoms with Crippen molar-refractivity contribution in [3.63, 3.8) is 0 Å². The third-order valence-electron chi connectivity index (χ3n) is 3.38. The number of methoxy groups -OCH3 is 1. The van der Waals surface area contributed by atoms with Gasteiger partial charge in [-0.1, -0.05) is 6.07 Å². The van der Waals surface area contributed by atoms with E-state index in [2.05, 4.69) is 31.3 Å². The molecular weight excluding hydrogens is 214 g/mol. The highest BCUT2D eigenvalue weighted by molar-refractivity contribution is 5.80. The summed E-state index contributed by atoms with van der Waals surface area (Å²) in [5, 5.41) is 3.29. The molecule has 0 radical (unpaired) electrons. The molecule has 3 heteroatoms. The molecule has 1 atom stereocenters. The van der Waals surface area contributed by atoms with Crippen LogP contribution in [-0.4, -0.2) is 19.1 Å². The zero-order valence-corrected chi connectivity index (χ0v) is 10.6. The topological polar surface area (TPSA) is 38.3 Å². The summed E-state index contributed by atoms with van der Waals surface area (Å²) in [5.74, 6) is 0.273. The summed E-state index contributed by atoms with van der Waals surface area (Å²) in [5.41, 5.74) is 3.49. The summed E-state index contributed by atoms with van der Waals surface area (Å²) in [6.07, 6.45) is 2.22. The Morgan fingerprint density at radius 2 is 2.06 bits per heavy atom. The minimum absolute atomic E-state index is 0.161. The summed E-state index contributed by atoms with van der Waals surface area (Å²) >= 11 is 0. The second-order valence-corrected chi connectivity index (χ2v) is 4.78. The molecule has 0 aromatic heterocycles. The zero-order chi connectivity index (χ0) is 12.4. The van der Waals surface area contributed by atoms with E-state index in [4.69, 9.17) is 4.74 Å². The first kappa shape index (κ1) is 12.0. The van der Waals surface area contributed by atoms with Gasteiger partial charge in [-0.05, 0) is 55.9 Å². The molecule has 0 aliphatic heterocycles. The van der Waals surface area contributed by atoms with Crippen molar-refractivity contribution in [2.45, 2.75) is 32.7 Å². The molecule has 1 aliphatic carbocycles. The molecule has 17 heavy (non-hydrogen) atoms. The van der Waals surface area contributed by atoms with Crippen molar-refractivity contribution in [1.29, 1.82) is 0 Å². The Morgan fingerprint density at radius 3 is 2.59 bits per heavy atom. The molecule has 0 saturated heterocycles. The predicted molar refractivity (Wildman–Crippen MR) is 68.1 cm³/mol. The van der Waals surface area contributed by atoms with E-state index in [0.717, 1.165) is 18.5 Å². The number of carbonyl (C=O) groups is 1. The molecule has 1 aliphatic rings. The maximum Gasteiger partial charge on any atom is 0.328 e. The number of benzene rings is 1.